The SMILES string of the molecule is CC[C@]1(O)C[C@H](O[C@H]2C[C@@H](N(C)C)[C@@H](O[C@H]3C[C@H]4O[C@H]5CC(=O)[C@@H](C)O[C@@H]5O[C@H]4[C@@H](C)O3)[C@@H](C)O2)c2cc3c(c(O)c2[C@H]1O[C@H]1C[C@@H](N(C)C)[C@H](O[C@H]2C[C@H]4O[C@H]5CC(=O)[C@@H](C)O[C@@H]5O[C@H]4[C@@H](C)O2)[C@@H](C)O1)C(=O)c1cccc(O)c1C3=O. The number of phenols is 2. The van der Waals surface area contributed by atoms with E-state index < -0.39 is 158 Å². The number of ketones is 4. The van der Waals surface area contributed by atoms with Crippen molar-refractivity contribution in [1.29, 1.82) is 0 Å². The Hall–Kier alpha value is -3.96. The van der Waals surface area contributed by atoms with E-state index >= 15 is 0 Å². The minimum absolute atomic E-state index is 0.0461. The fourth-order valence-electron chi connectivity index (χ4n) is 14.4. The number of rotatable bonds is 11. The number of carbonyl (C=O) groups excluding carboxylic acids is 4. The highest BCUT2D eigenvalue weighted by atomic mass is 16.8. The zero-order valence-corrected chi connectivity index (χ0v) is 48.9. The third-order valence-electron chi connectivity index (χ3n) is 19.0. The molecule has 456 valence electrons. The Kier molecular flexibility index (Phi) is 16.4. The second-order valence-corrected chi connectivity index (χ2v) is 24.9. The molecule has 0 bridgehead atoms. The van der Waals surface area contributed by atoms with Crippen LogP contribution in [0.2, 0.25) is 0 Å². The summed E-state index contributed by atoms with van der Waals surface area (Å²) < 4.78 is 91.0. The lowest BCUT2D eigenvalue weighted by Crippen LogP contribution is -2.62. The summed E-state index contributed by atoms with van der Waals surface area (Å²) in [5.41, 5.74) is -2.14. The van der Waals surface area contributed by atoms with Crippen LogP contribution >= 0.6 is 0 Å². The first-order valence-corrected chi connectivity index (χ1v) is 29.6. The van der Waals surface area contributed by atoms with Gasteiger partial charge in [-0.2, -0.15) is 0 Å². The van der Waals surface area contributed by atoms with Crippen LogP contribution < -0.4 is 0 Å². The highest BCUT2D eigenvalue weighted by Gasteiger charge is 2.56. The van der Waals surface area contributed by atoms with Crippen LogP contribution in [0.15, 0.2) is 24.3 Å². The summed E-state index contributed by atoms with van der Waals surface area (Å²) in [6, 6.07) is 5.07. The molecule has 3 N–H and O–H groups in total. The highest BCUT2D eigenvalue weighted by Crippen LogP contribution is 2.55. The van der Waals surface area contributed by atoms with Crippen LogP contribution in [0, 0.1) is 0 Å². The fourth-order valence-corrected chi connectivity index (χ4v) is 14.4. The van der Waals surface area contributed by atoms with E-state index in [2.05, 4.69) is 0 Å². The number of benzene rings is 2. The van der Waals surface area contributed by atoms with E-state index in [1.165, 1.54) is 24.3 Å². The minimum atomic E-state index is -1.77. The zero-order chi connectivity index (χ0) is 58.8. The summed E-state index contributed by atoms with van der Waals surface area (Å²) in [7, 11) is 7.70. The summed E-state index contributed by atoms with van der Waals surface area (Å²) >= 11 is 0. The molecule has 10 aliphatic rings. The van der Waals surface area contributed by atoms with Gasteiger partial charge in [-0.15, -0.1) is 0 Å². The van der Waals surface area contributed by atoms with Gasteiger partial charge in [0.1, 0.15) is 66.4 Å². The van der Waals surface area contributed by atoms with Gasteiger partial charge in [0.15, 0.2) is 60.9 Å². The van der Waals surface area contributed by atoms with E-state index in [-0.39, 0.29) is 101 Å². The second-order valence-electron chi connectivity index (χ2n) is 24.9. The molecule has 0 spiro atoms. The molecule has 0 radical (unpaired) electrons. The molecule has 8 heterocycles. The van der Waals surface area contributed by atoms with Crippen LogP contribution in [0.5, 0.6) is 11.5 Å². The van der Waals surface area contributed by atoms with Gasteiger partial charge in [-0.05, 0) is 93.9 Å². The summed E-state index contributed by atoms with van der Waals surface area (Å²) in [6.45, 7) is 12.7. The average molecular weight is 1170 g/mol. The zero-order valence-electron chi connectivity index (χ0n) is 48.9. The Labute approximate surface area is 482 Å². The first-order chi connectivity index (χ1) is 39.5. The molecule has 0 amide bonds. The molecule has 8 aliphatic heterocycles. The maximum absolute atomic E-state index is 14.5. The monoisotopic (exact) mass is 1160 g/mol. The van der Waals surface area contributed by atoms with Gasteiger partial charge in [0, 0.05) is 73.7 Å². The first-order valence-electron chi connectivity index (χ1n) is 29.6. The van der Waals surface area contributed by atoms with Gasteiger partial charge >= 0.3 is 0 Å². The fraction of sp³-hybridized carbons (Fsp3) is 0.733. The quantitative estimate of drug-likeness (QED) is 0.240. The van der Waals surface area contributed by atoms with Crippen molar-refractivity contribution in [3.05, 3.63) is 57.6 Å². The molecular formula is C60H80N2O21. The van der Waals surface area contributed by atoms with Gasteiger partial charge in [0.2, 0.25) is 0 Å². The van der Waals surface area contributed by atoms with Crippen LogP contribution in [0.3, 0.4) is 0 Å². The Morgan fingerprint density at radius 1 is 0.566 bits per heavy atom. The number of phenolic OH excluding ortho intramolecular Hbond substituents is 2. The van der Waals surface area contributed by atoms with E-state index in [9.17, 15) is 34.5 Å². The molecule has 8 fully saturated rings. The third-order valence-corrected chi connectivity index (χ3v) is 19.0. The van der Waals surface area contributed by atoms with Crippen molar-refractivity contribution in [2.24, 2.45) is 0 Å². The number of hydrogen-bond acceptors (Lipinski definition) is 23. The largest absolute Gasteiger partial charge is 0.507 e. The number of fused-ring (bicyclic) bond motifs is 7. The number of hydrogen-bond donors (Lipinski definition) is 3. The molecule has 2 aliphatic carbocycles. The molecule has 8 saturated heterocycles. The highest BCUT2D eigenvalue weighted by molar-refractivity contribution is 6.30. The molecule has 2 aromatic carbocycles. The smallest absolute Gasteiger partial charge is 0.198 e. The van der Waals surface area contributed by atoms with Crippen LogP contribution in [0.4, 0.5) is 0 Å². The lowest BCUT2D eigenvalue weighted by atomic mass is 9.71. The Morgan fingerprint density at radius 2 is 1.05 bits per heavy atom. The van der Waals surface area contributed by atoms with Gasteiger partial charge in [-0.1, -0.05) is 19.1 Å². The van der Waals surface area contributed by atoms with Gasteiger partial charge in [-0.3, -0.25) is 19.2 Å². The van der Waals surface area contributed by atoms with E-state index in [4.69, 9.17) is 66.3 Å². The number of aromatic hydroxyl groups is 2. The third kappa shape index (κ3) is 10.8. The van der Waals surface area contributed by atoms with Crippen molar-refractivity contribution in [2.75, 3.05) is 28.2 Å². The van der Waals surface area contributed by atoms with Gasteiger partial charge in [-0.25, -0.2) is 0 Å². The molecule has 23 heteroatoms. The van der Waals surface area contributed by atoms with Crippen molar-refractivity contribution in [2.45, 2.75) is 253 Å². The normalized spacial score (nSPS) is 44.3. The number of carbonyl (C=O) groups is 4. The van der Waals surface area contributed by atoms with Gasteiger partial charge in [0.05, 0.1) is 59.5 Å². The van der Waals surface area contributed by atoms with Crippen molar-refractivity contribution >= 4 is 23.1 Å². The number of ether oxygens (including phenoxy) is 14. The van der Waals surface area contributed by atoms with E-state index in [0.717, 1.165) is 0 Å². The second kappa shape index (κ2) is 23.0. The lowest BCUT2D eigenvalue weighted by Gasteiger charge is -2.51. The molecule has 2 aromatic rings. The summed E-state index contributed by atoms with van der Waals surface area (Å²) in [5.74, 6) is -2.40. The number of likely N-dealkylation sites (N-methyl/N-ethyl adjacent to an activating group) is 2. The lowest BCUT2D eigenvalue weighted by molar-refractivity contribution is -0.372. The molecule has 0 aromatic heterocycles. The summed E-state index contributed by atoms with van der Waals surface area (Å²) in [5, 5.41) is 36.8. The Morgan fingerprint density at radius 3 is 1.55 bits per heavy atom. The topological polar surface area (TPSA) is 265 Å². The van der Waals surface area contributed by atoms with Gasteiger partial charge < -0.3 is 91.4 Å². The van der Waals surface area contributed by atoms with Crippen LogP contribution in [0.1, 0.15) is 155 Å². The maximum atomic E-state index is 14.5. The standard InChI is InChI=1S/C60H80N2O21/c1-12-60(69)23-42(78-43-17-33(61(8)9)53(26(4)70-43)79-45-21-38-55(28(6)72-45)82-58-40(76-38)19-36(64)24(2)74-58)31-16-32-48(50(66)30-14-13-15-35(63)47(30)51(32)67)52(68)49(31)57(60)81-44-18-34(62(10)11)54(27(5)71-44)80-46-22-39-56(29(7)73-46)83-59-41(77-39)20-37(65)25(3)75-59/h13-16,24-29,33-34,38-46,53-59,63,68-69H,12,17-23H2,1-11H3/t24-,25-,26-,27-,28-,29-,33-,34-,38-,39-,40+,41+,42+,43+,44+,45+,46+,53+,54-,55+,56+,57-,58-,59-,60+/m1/s1. The molecule has 83 heavy (non-hydrogen) atoms. The molecule has 23 nitrogen and oxygen atoms in total. The van der Waals surface area contributed by atoms with Crippen LogP contribution in [0.25, 0.3) is 0 Å². The average Bonchev–Trinajstić information content (AvgIpc) is 1.44. The van der Waals surface area contributed by atoms with Gasteiger partial charge in [0.25, 0.3) is 0 Å². The Bertz CT molecular complexity index is 2820. The molecule has 0 saturated carbocycles. The minimum Gasteiger partial charge on any atom is -0.507 e. The summed E-state index contributed by atoms with van der Waals surface area (Å²) in [4.78, 5) is 58.2. The molecule has 25 atom stereocenters. The van der Waals surface area contributed by atoms with Crippen LogP contribution in [-0.4, -0.2) is 217 Å². The van der Waals surface area contributed by atoms with E-state index in [0.29, 0.717) is 12.8 Å². The maximum Gasteiger partial charge on any atom is 0.198 e. The predicted molar refractivity (Wildman–Crippen MR) is 286 cm³/mol. The number of aliphatic hydroxyl groups is 1. The van der Waals surface area contributed by atoms with Crippen molar-refractivity contribution in [3.63, 3.8) is 0 Å². The molecular weight excluding hydrogens is 1080 g/mol. The molecule has 0 unspecified atom stereocenters. The predicted octanol–water partition coefficient (Wildman–Crippen LogP) is 4.42. The first kappa shape index (κ1) is 59.4. The number of nitrogens with zero attached hydrogens (tertiary/aromatic N) is 2. The van der Waals surface area contributed by atoms with Crippen molar-refractivity contribution < 1.29 is 101 Å². The summed E-state index contributed by atoms with van der Waals surface area (Å²) in [6.07, 6.45) is -12.7. The van der Waals surface area contributed by atoms with E-state index in [1.807, 2.05) is 65.7 Å². The van der Waals surface area contributed by atoms with Crippen molar-refractivity contribution in [3.8, 4) is 11.5 Å². The molecule has 12 rings (SSSR count). The Balaban J connectivity index is 0.793. The number of Topliss-reactive ketones (excluding diaryl/α,β-unsaturated/α-hetero) is 2. The van der Waals surface area contributed by atoms with E-state index in [1.54, 1.807) is 20.8 Å². The van der Waals surface area contributed by atoms with Crippen LogP contribution in [-0.2, 0) is 75.9 Å². The van der Waals surface area contributed by atoms with Crippen molar-refractivity contribution in [1.82, 2.24) is 9.80 Å².